The lowest BCUT2D eigenvalue weighted by Gasteiger charge is -2.12. The number of carbonyl (C=O) groups is 1. The largest absolute Gasteiger partial charge is 0.383 e. The van der Waals surface area contributed by atoms with Crippen molar-refractivity contribution < 1.29 is 9.53 Å². The number of rotatable bonds is 8. The van der Waals surface area contributed by atoms with Gasteiger partial charge in [0.25, 0.3) is 0 Å². The molecular formula is C16H22N4O2S. The van der Waals surface area contributed by atoms with E-state index in [1.807, 2.05) is 48.7 Å². The summed E-state index contributed by atoms with van der Waals surface area (Å²) in [7, 11) is 1.61. The molecule has 0 aliphatic rings. The van der Waals surface area contributed by atoms with Crippen molar-refractivity contribution in [3.63, 3.8) is 0 Å². The van der Waals surface area contributed by atoms with Gasteiger partial charge in [-0.25, -0.2) is 0 Å². The lowest BCUT2D eigenvalue weighted by Crippen LogP contribution is -2.33. The van der Waals surface area contributed by atoms with E-state index in [1.54, 1.807) is 7.11 Å². The van der Waals surface area contributed by atoms with Gasteiger partial charge in [-0.2, -0.15) is 0 Å². The van der Waals surface area contributed by atoms with Crippen molar-refractivity contribution >= 4 is 17.7 Å². The van der Waals surface area contributed by atoms with E-state index in [2.05, 4.69) is 15.5 Å². The molecule has 1 heterocycles. The summed E-state index contributed by atoms with van der Waals surface area (Å²) in [5, 5.41) is 11.9. The first-order valence-electron chi connectivity index (χ1n) is 7.59. The van der Waals surface area contributed by atoms with Crippen LogP contribution in [0.25, 0.3) is 11.4 Å². The first kappa shape index (κ1) is 17.5. The molecule has 23 heavy (non-hydrogen) atoms. The first-order valence-corrected chi connectivity index (χ1v) is 8.47. The summed E-state index contributed by atoms with van der Waals surface area (Å²) in [6.45, 7) is 5.67. The highest BCUT2D eigenvalue weighted by molar-refractivity contribution is 8.00. The molecule has 0 bridgehead atoms. The van der Waals surface area contributed by atoms with Gasteiger partial charge in [0.2, 0.25) is 5.91 Å². The number of aromatic nitrogens is 3. The molecule has 0 radical (unpaired) electrons. The fourth-order valence-electron chi connectivity index (χ4n) is 2.09. The maximum Gasteiger partial charge on any atom is 0.233 e. The Labute approximate surface area is 140 Å². The summed E-state index contributed by atoms with van der Waals surface area (Å²) in [5.41, 5.74) is 1.02. The minimum absolute atomic E-state index is 0.0287. The van der Waals surface area contributed by atoms with Crippen LogP contribution in [0.5, 0.6) is 0 Å². The van der Waals surface area contributed by atoms with Crippen LogP contribution in [0, 0.1) is 0 Å². The molecule has 0 aliphatic heterocycles. The van der Waals surface area contributed by atoms with E-state index in [0.717, 1.165) is 23.1 Å². The third kappa shape index (κ3) is 4.56. The molecule has 1 aromatic carbocycles. The Morgan fingerprint density at radius 3 is 2.74 bits per heavy atom. The van der Waals surface area contributed by atoms with Gasteiger partial charge >= 0.3 is 0 Å². The number of nitrogens with one attached hydrogen (secondary N) is 1. The molecule has 124 valence electrons. The van der Waals surface area contributed by atoms with E-state index in [1.165, 1.54) is 11.8 Å². The van der Waals surface area contributed by atoms with Crippen LogP contribution in [0.3, 0.4) is 0 Å². The minimum Gasteiger partial charge on any atom is -0.383 e. The van der Waals surface area contributed by atoms with E-state index in [9.17, 15) is 4.79 Å². The van der Waals surface area contributed by atoms with Crippen molar-refractivity contribution in [3.05, 3.63) is 30.3 Å². The summed E-state index contributed by atoms with van der Waals surface area (Å²) in [4.78, 5) is 12.1. The zero-order valence-electron chi connectivity index (χ0n) is 13.7. The monoisotopic (exact) mass is 334 g/mol. The molecule has 0 spiro atoms. The smallest absolute Gasteiger partial charge is 0.233 e. The molecule has 7 heteroatoms. The van der Waals surface area contributed by atoms with Crippen molar-refractivity contribution in [2.24, 2.45) is 0 Å². The third-order valence-electron chi connectivity index (χ3n) is 3.32. The second kappa shape index (κ2) is 8.69. The van der Waals surface area contributed by atoms with Crippen LogP contribution in [0.15, 0.2) is 35.5 Å². The Morgan fingerprint density at radius 2 is 2.09 bits per heavy atom. The quantitative estimate of drug-likeness (QED) is 0.592. The second-order valence-electron chi connectivity index (χ2n) is 4.96. The van der Waals surface area contributed by atoms with Crippen LogP contribution in [-0.4, -0.2) is 46.2 Å². The van der Waals surface area contributed by atoms with Crippen LogP contribution in [-0.2, 0) is 16.1 Å². The normalized spacial score (nSPS) is 12.1. The van der Waals surface area contributed by atoms with Gasteiger partial charge in [0.15, 0.2) is 11.0 Å². The topological polar surface area (TPSA) is 69.0 Å². The molecule has 0 saturated heterocycles. The number of methoxy groups -OCH3 is 1. The highest BCUT2D eigenvalue weighted by atomic mass is 32.2. The van der Waals surface area contributed by atoms with Crippen molar-refractivity contribution in [1.29, 1.82) is 0 Å². The summed E-state index contributed by atoms with van der Waals surface area (Å²) in [6.07, 6.45) is 0. The second-order valence-corrected chi connectivity index (χ2v) is 6.27. The zero-order chi connectivity index (χ0) is 16.7. The Balaban J connectivity index is 2.09. The van der Waals surface area contributed by atoms with Crippen LogP contribution >= 0.6 is 11.8 Å². The molecular weight excluding hydrogens is 312 g/mol. The number of amides is 1. The van der Waals surface area contributed by atoms with Crippen LogP contribution < -0.4 is 5.32 Å². The maximum atomic E-state index is 12.1. The average molecular weight is 334 g/mol. The Bertz CT molecular complexity index is 630. The SMILES string of the molecule is CCn1c(S[C@H](C)C(=O)NCCOC)nnc1-c1ccccc1. The summed E-state index contributed by atoms with van der Waals surface area (Å²) in [5.74, 6) is 0.793. The molecule has 0 unspecified atom stereocenters. The average Bonchev–Trinajstić information content (AvgIpc) is 2.98. The molecule has 6 nitrogen and oxygen atoms in total. The van der Waals surface area contributed by atoms with Crippen molar-refractivity contribution in [2.45, 2.75) is 30.8 Å². The minimum atomic E-state index is -0.245. The van der Waals surface area contributed by atoms with Crippen LogP contribution in [0.2, 0.25) is 0 Å². The van der Waals surface area contributed by atoms with Gasteiger partial charge in [-0.3, -0.25) is 4.79 Å². The summed E-state index contributed by atoms with van der Waals surface area (Å²) < 4.78 is 6.96. The van der Waals surface area contributed by atoms with Gasteiger partial charge in [-0.15, -0.1) is 10.2 Å². The molecule has 2 rings (SSSR count). The molecule has 0 aliphatic carbocycles. The standard InChI is InChI=1S/C16H22N4O2S/c1-4-20-14(13-8-6-5-7-9-13)18-19-16(20)23-12(2)15(21)17-10-11-22-3/h5-9,12H,4,10-11H2,1-3H3,(H,17,21)/t12-/m1/s1. The first-order chi connectivity index (χ1) is 11.2. The highest BCUT2D eigenvalue weighted by Crippen LogP contribution is 2.26. The predicted octanol–water partition coefficient (Wildman–Crippen LogP) is 2.21. The van der Waals surface area contributed by atoms with Gasteiger partial charge in [0.1, 0.15) is 0 Å². The highest BCUT2D eigenvalue weighted by Gasteiger charge is 2.19. The van der Waals surface area contributed by atoms with Crippen molar-refractivity contribution in [1.82, 2.24) is 20.1 Å². The number of ether oxygens (including phenoxy) is 1. The molecule has 2 aromatic rings. The molecule has 1 atom stereocenters. The van der Waals surface area contributed by atoms with Gasteiger partial charge < -0.3 is 14.6 Å². The van der Waals surface area contributed by atoms with E-state index >= 15 is 0 Å². The fourth-order valence-corrected chi connectivity index (χ4v) is 3.03. The Hall–Kier alpha value is -1.86. The summed E-state index contributed by atoms with van der Waals surface area (Å²) >= 11 is 1.41. The van der Waals surface area contributed by atoms with Gasteiger partial charge in [-0.1, -0.05) is 42.1 Å². The number of nitrogens with zero attached hydrogens (tertiary/aromatic N) is 3. The molecule has 0 fully saturated rings. The number of carbonyl (C=O) groups excluding carboxylic acids is 1. The van der Waals surface area contributed by atoms with Gasteiger partial charge in [0.05, 0.1) is 11.9 Å². The molecule has 1 aromatic heterocycles. The lowest BCUT2D eigenvalue weighted by molar-refractivity contribution is -0.120. The Kier molecular flexibility index (Phi) is 6.61. The number of thioether (sulfide) groups is 1. The summed E-state index contributed by atoms with van der Waals surface area (Å²) in [6, 6.07) is 9.93. The fraction of sp³-hybridized carbons (Fsp3) is 0.438. The van der Waals surface area contributed by atoms with E-state index in [4.69, 9.17) is 4.74 Å². The molecule has 0 saturated carbocycles. The van der Waals surface area contributed by atoms with Crippen LogP contribution in [0.4, 0.5) is 0 Å². The lowest BCUT2D eigenvalue weighted by atomic mass is 10.2. The van der Waals surface area contributed by atoms with Crippen molar-refractivity contribution in [2.75, 3.05) is 20.3 Å². The maximum absolute atomic E-state index is 12.1. The molecule has 1 N–H and O–H groups in total. The third-order valence-corrected chi connectivity index (χ3v) is 4.40. The predicted molar refractivity (Wildman–Crippen MR) is 91.3 cm³/mol. The zero-order valence-corrected chi connectivity index (χ0v) is 14.5. The number of hydrogen-bond donors (Lipinski definition) is 1. The van der Waals surface area contributed by atoms with Crippen LogP contribution in [0.1, 0.15) is 13.8 Å². The van der Waals surface area contributed by atoms with E-state index < -0.39 is 0 Å². The number of benzene rings is 1. The number of hydrogen-bond acceptors (Lipinski definition) is 5. The van der Waals surface area contributed by atoms with Gasteiger partial charge in [0, 0.05) is 25.8 Å². The van der Waals surface area contributed by atoms with E-state index in [0.29, 0.717) is 13.2 Å². The van der Waals surface area contributed by atoms with E-state index in [-0.39, 0.29) is 11.2 Å². The van der Waals surface area contributed by atoms with Crippen molar-refractivity contribution in [3.8, 4) is 11.4 Å². The van der Waals surface area contributed by atoms with Gasteiger partial charge in [-0.05, 0) is 13.8 Å². The molecule has 1 amide bonds. The Morgan fingerprint density at radius 1 is 1.35 bits per heavy atom.